The van der Waals surface area contributed by atoms with E-state index >= 15 is 0 Å². The van der Waals surface area contributed by atoms with Crippen LogP contribution >= 0.6 is 0 Å². The molecule has 10 nitrogen and oxygen atoms in total. The minimum absolute atomic E-state index is 0.0210. The van der Waals surface area contributed by atoms with Crippen molar-refractivity contribution in [3.8, 4) is 0 Å². The van der Waals surface area contributed by atoms with E-state index in [0.29, 0.717) is 37.4 Å². The highest BCUT2D eigenvalue weighted by atomic mass is 16.2. The second-order valence-corrected chi connectivity index (χ2v) is 7.73. The lowest BCUT2D eigenvalue weighted by Gasteiger charge is -2.36. The molecular weight excluding hydrogens is 400 g/mol. The monoisotopic (exact) mass is 424 g/mol. The molecule has 1 aromatic carbocycles. The molecule has 10 heteroatoms. The predicted octanol–water partition coefficient (Wildman–Crippen LogP) is -0.0149. The van der Waals surface area contributed by atoms with Gasteiger partial charge in [-0.1, -0.05) is 0 Å². The fraction of sp³-hybridized carbons (Fsp3) is 0.381. The molecule has 0 unspecified atom stereocenters. The third-order valence-electron chi connectivity index (χ3n) is 5.77. The van der Waals surface area contributed by atoms with Crippen molar-refractivity contribution in [2.75, 3.05) is 31.1 Å². The SMILES string of the molecule is CC(=O)c1ccc(N2CCN(C(=O)Cn3c(=O)c4c(ncn4C)n(C)c3=O)CC2)cc1. The van der Waals surface area contributed by atoms with Gasteiger partial charge >= 0.3 is 5.69 Å². The van der Waals surface area contributed by atoms with Crippen molar-refractivity contribution in [2.45, 2.75) is 13.5 Å². The molecule has 3 heterocycles. The van der Waals surface area contributed by atoms with Gasteiger partial charge in [0.25, 0.3) is 5.56 Å². The molecule has 1 saturated heterocycles. The first-order valence-corrected chi connectivity index (χ1v) is 10.0. The lowest BCUT2D eigenvalue weighted by atomic mass is 10.1. The maximum absolute atomic E-state index is 12.8. The third-order valence-corrected chi connectivity index (χ3v) is 5.77. The van der Waals surface area contributed by atoms with E-state index < -0.39 is 11.2 Å². The number of amides is 1. The van der Waals surface area contributed by atoms with E-state index in [4.69, 9.17) is 0 Å². The smallest absolute Gasteiger partial charge is 0.332 e. The Labute approximate surface area is 177 Å². The topological polar surface area (TPSA) is 102 Å². The molecule has 31 heavy (non-hydrogen) atoms. The molecule has 0 radical (unpaired) electrons. The number of aryl methyl sites for hydroxylation is 2. The van der Waals surface area contributed by atoms with Gasteiger partial charge in [0.1, 0.15) is 6.54 Å². The molecule has 1 fully saturated rings. The summed E-state index contributed by atoms with van der Waals surface area (Å²) in [4.78, 5) is 57.6. The highest BCUT2D eigenvalue weighted by Crippen LogP contribution is 2.18. The van der Waals surface area contributed by atoms with Crippen LogP contribution in [0.25, 0.3) is 11.2 Å². The van der Waals surface area contributed by atoms with Crippen molar-refractivity contribution in [2.24, 2.45) is 14.1 Å². The Morgan fingerprint density at radius 2 is 1.65 bits per heavy atom. The molecule has 4 rings (SSSR count). The summed E-state index contributed by atoms with van der Waals surface area (Å²) in [7, 11) is 3.21. The van der Waals surface area contributed by atoms with Crippen molar-refractivity contribution < 1.29 is 9.59 Å². The van der Waals surface area contributed by atoms with Crippen LogP contribution in [0.4, 0.5) is 5.69 Å². The van der Waals surface area contributed by atoms with E-state index in [2.05, 4.69) is 9.88 Å². The fourth-order valence-corrected chi connectivity index (χ4v) is 3.89. The Morgan fingerprint density at radius 1 is 1.00 bits per heavy atom. The van der Waals surface area contributed by atoms with E-state index in [1.54, 1.807) is 28.6 Å². The van der Waals surface area contributed by atoms with Crippen LogP contribution in [0.2, 0.25) is 0 Å². The zero-order chi connectivity index (χ0) is 22.3. The van der Waals surface area contributed by atoms with E-state index in [1.165, 1.54) is 24.9 Å². The van der Waals surface area contributed by atoms with Gasteiger partial charge in [-0.2, -0.15) is 0 Å². The molecule has 2 aromatic heterocycles. The average molecular weight is 424 g/mol. The summed E-state index contributed by atoms with van der Waals surface area (Å²) < 4.78 is 3.81. The van der Waals surface area contributed by atoms with Crippen molar-refractivity contribution >= 4 is 28.5 Å². The van der Waals surface area contributed by atoms with Gasteiger partial charge in [0.15, 0.2) is 16.9 Å². The van der Waals surface area contributed by atoms with Gasteiger partial charge in [0.2, 0.25) is 5.91 Å². The molecular formula is C21H24N6O4. The largest absolute Gasteiger partial charge is 0.368 e. The van der Waals surface area contributed by atoms with Crippen molar-refractivity contribution in [3.05, 3.63) is 57.0 Å². The molecule has 1 aliphatic heterocycles. The first kappa shape index (κ1) is 20.6. The van der Waals surface area contributed by atoms with E-state index in [-0.39, 0.29) is 23.8 Å². The maximum Gasteiger partial charge on any atom is 0.332 e. The highest BCUT2D eigenvalue weighted by molar-refractivity contribution is 5.94. The lowest BCUT2D eigenvalue weighted by molar-refractivity contribution is -0.132. The minimum Gasteiger partial charge on any atom is -0.368 e. The summed E-state index contributed by atoms with van der Waals surface area (Å²) >= 11 is 0. The van der Waals surface area contributed by atoms with E-state index in [1.807, 2.05) is 12.1 Å². The normalized spacial score (nSPS) is 14.3. The Balaban J connectivity index is 1.47. The number of carbonyl (C=O) groups excluding carboxylic acids is 2. The first-order valence-electron chi connectivity index (χ1n) is 10.0. The third kappa shape index (κ3) is 3.65. The zero-order valence-corrected chi connectivity index (χ0v) is 17.7. The van der Waals surface area contributed by atoms with Crippen LogP contribution in [0.3, 0.4) is 0 Å². The standard InChI is InChI=1S/C21H24N6O4/c1-14(28)15-4-6-16(7-5-15)25-8-10-26(11-9-25)17(29)12-27-20(30)18-19(22-13-23(18)2)24(3)21(27)31/h4-7,13H,8-12H2,1-3H3. The number of rotatable bonds is 4. The number of ketones is 1. The summed E-state index contributed by atoms with van der Waals surface area (Å²) in [5.74, 6) is -0.250. The van der Waals surface area contributed by atoms with E-state index in [9.17, 15) is 19.2 Å². The Kier molecular flexibility index (Phi) is 5.22. The Bertz CT molecular complexity index is 1280. The number of fused-ring (bicyclic) bond motifs is 1. The predicted molar refractivity (Wildman–Crippen MR) is 115 cm³/mol. The molecule has 0 spiro atoms. The van der Waals surface area contributed by atoms with Gasteiger partial charge < -0.3 is 14.4 Å². The number of benzene rings is 1. The molecule has 0 atom stereocenters. The number of hydrogen-bond donors (Lipinski definition) is 0. The van der Waals surface area contributed by atoms with Crippen molar-refractivity contribution in [1.82, 2.24) is 23.6 Å². The van der Waals surface area contributed by atoms with E-state index in [0.717, 1.165) is 10.3 Å². The van der Waals surface area contributed by atoms with Gasteiger partial charge in [-0.05, 0) is 31.2 Å². The van der Waals surface area contributed by atoms with Crippen LogP contribution in [0, 0.1) is 0 Å². The number of anilines is 1. The number of aromatic nitrogens is 4. The molecule has 162 valence electrons. The lowest BCUT2D eigenvalue weighted by Crippen LogP contribution is -2.51. The highest BCUT2D eigenvalue weighted by Gasteiger charge is 2.24. The van der Waals surface area contributed by atoms with Crippen LogP contribution in [0.5, 0.6) is 0 Å². The van der Waals surface area contributed by atoms with Crippen LogP contribution < -0.4 is 16.1 Å². The summed E-state index contributed by atoms with van der Waals surface area (Å²) in [6.45, 7) is 3.44. The second-order valence-electron chi connectivity index (χ2n) is 7.73. The summed E-state index contributed by atoms with van der Waals surface area (Å²) in [5, 5.41) is 0. The molecule has 1 aliphatic rings. The summed E-state index contributed by atoms with van der Waals surface area (Å²) in [6.07, 6.45) is 1.47. The molecule has 3 aromatic rings. The quantitative estimate of drug-likeness (QED) is 0.546. The number of Topliss-reactive ketones (excluding diaryl/α,β-unsaturated/α-hetero) is 1. The summed E-state index contributed by atoms with van der Waals surface area (Å²) in [5.41, 5.74) is 1.16. The average Bonchev–Trinajstić information content (AvgIpc) is 3.17. The molecule has 0 aliphatic carbocycles. The first-order chi connectivity index (χ1) is 14.8. The molecule has 1 amide bonds. The number of hydrogen-bond acceptors (Lipinski definition) is 6. The zero-order valence-electron chi connectivity index (χ0n) is 17.7. The van der Waals surface area contributed by atoms with Crippen LogP contribution in [0.15, 0.2) is 40.2 Å². The number of piperazine rings is 1. The molecule has 0 bridgehead atoms. The number of carbonyl (C=O) groups is 2. The van der Waals surface area contributed by atoms with Crippen molar-refractivity contribution in [1.29, 1.82) is 0 Å². The summed E-state index contributed by atoms with van der Waals surface area (Å²) in [6, 6.07) is 7.40. The number of imidazole rings is 1. The molecule has 0 N–H and O–H groups in total. The molecule has 0 saturated carbocycles. The Morgan fingerprint density at radius 3 is 2.26 bits per heavy atom. The van der Waals surface area contributed by atoms with Crippen LogP contribution in [-0.2, 0) is 25.4 Å². The number of nitrogens with zero attached hydrogens (tertiary/aromatic N) is 6. The minimum atomic E-state index is -0.561. The second kappa shape index (κ2) is 7.86. The van der Waals surface area contributed by atoms with Gasteiger partial charge in [-0.25, -0.2) is 14.3 Å². The van der Waals surface area contributed by atoms with Crippen LogP contribution in [-0.4, -0.2) is 61.5 Å². The fourth-order valence-electron chi connectivity index (χ4n) is 3.89. The van der Waals surface area contributed by atoms with Gasteiger partial charge in [-0.3, -0.25) is 19.0 Å². The Hall–Kier alpha value is -3.69. The van der Waals surface area contributed by atoms with Gasteiger partial charge in [0, 0.05) is 51.5 Å². The van der Waals surface area contributed by atoms with Crippen LogP contribution in [0.1, 0.15) is 17.3 Å². The van der Waals surface area contributed by atoms with Crippen molar-refractivity contribution in [3.63, 3.8) is 0 Å². The van der Waals surface area contributed by atoms with Gasteiger partial charge in [0.05, 0.1) is 6.33 Å². The van der Waals surface area contributed by atoms with Gasteiger partial charge in [-0.15, -0.1) is 0 Å². The maximum atomic E-state index is 12.8.